The second-order valence-electron chi connectivity index (χ2n) is 8.09. The molecular formula is C29H21N3. The van der Waals surface area contributed by atoms with Crippen molar-refractivity contribution < 1.29 is 0 Å². The molecule has 3 nitrogen and oxygen atoms in total. The van der Waals surface area contributed by atoms with E-state index in [1.165, 1.54) is 16.3 Å². The van der Waals surface area contributed by atoms with E-state index in [0.29, 0.717) is 0 Å². The number of aryl methyl sites for hydroxylation is 1. The third-order valence-electron chi connectivity index (χ3n) is 5.83. The smallest absolute Gasteiger partial charge is 0.0915 e. The lowest BCUT2D eigenvalue weighted by molar-refractivity contribution is 1.27. The first-order chi connectivity index (χ1) is 15.7. The second-order valence-corrected chi connectivity index (χ2v) is 8.09. The van der Waals surface area contributed by atoms with Crippen LogP contribution in [0, 0.1) is 6.92 Å². The van der Waals surface area contributed by atoms with Gasteiger partial charge in [0.15, 0.2) is 0 Å². The van der Waals surface area contributed by atoms with E-state index in [2.05, 4.69) is 96.8 Å². The molecule has 0 atom stereocenters. The van der Waals surface area contributed by atoms with E-state index in [-0.39, 0.29) is 0 Å². The minimum atomic E-state index is 0.889. The molecule has 0 aliphatic heterocycles. The van der Waals surface area contributed by atoms with Crippen LogP contribution in [0.1, 0.15) is 5.56 Å². The first-order valence-corrected chi connectivity index (χ1v) is 10.8. The maximum absolute atomic E-state index is 4.89. The summed E-state index contributed by atoms with van der Waals surface area (Å²) >= 11 is 0. The van der Waals surface area contributed by atoms with Gasteiger partial charge in [0.2, 0.25) is 0 Å². The third-order valence-corrected chi connectivity index (χ3v) is 5.83. The molecule has 0 spiro atoms. The first-order valence-electron chi connectivity index (χ1n) is 10.8. The van der Waals surface area contributed by atoms with Crippen molar-refractivity contribution in [1.29, 1.82) is 0 Å². The van der Waals surface area contributed by atoms with E-state index >= 15 is 0 Å². The number of aromatic nitrogens is 2. The lowest BCUT2D eigenvalue weighted by atomic mass is 10.1. The molecular weight excluding hydrogens is 390 g/mol. The highest BCUT2D eigenvalue weighted by molar-refractivity contribution is 5.92. The highest BCUT2D eigenvalue weighted by atomic mass is 15.1. The summed E-state index contributed by atoms with van der Waals surface area (Å²) in [5, 5.41) is 2.45. The van der Waals surface area contributed by atoms with E-state index in [9.17, 15) is 0 Å². The van der Waals surface area contributed by atoms with E-state index in [4.69, 9.17) is 9.97 Å². The van der Waals surface area contributed by atoms with Crippen LogP contribution >= 0.6 is 0 Å². The van der Waals surface area contributed by atoms with Crippen molar-refractivity contribution in [2.75, 3.05) is 4.90 Å². The topological polar surface area (TPSA) is 29.0 Å². The fraction of sp³-hybridized carbons (Fsp3) is 0.0345. The third kappa shape index (κ3) is 3.25. The van der Waals surface area contributed by atoms with Crippen molar-refractivity contribution in [3.63, 3.8) is 0 Å². The van der Waals surface area contributed by atoms with Crippen LogP contribution in [-0.4, -0.2) is 9.97 Å². The molecule has 0 aliphatic rings. The molecule has 32 heavy (non-hydrogen) atoms. The summed E-state index contributed by atoms with van der Waals surface area (Å²) in [5.74, 6) is 0. The number of fused-ring (bicyclic) bond motifs is 3. The van der Waals surface area contributed by atoms with Crippen LogP contribution in [0.2, 0.25) is 0 Å². The maximum Gasteiger partial charge on any atom is 0.0915 e. The number of hydrogen-bond acceptors (Lipinski definition) is 3. The summed E-state index contributed by atoms with van der Waals surface area (Å²) in [7, 11) is 0. The Balaban J connectivity index is 1.57. The Kier molecular flexibility index (Phi) is 4.32. The van der Waals surface area contributed by atoms with Crippen molar-refractivity contribution in [2.24, 2.45) is 0 Å². The molecule has 6 aromatic rings. The van der Waals surface area contributed by atoms with Gasteiger partial charge in [0.05, 0.1) is 22.1 Å². The predicted octanol–water partition coefficient (Wildman–Crippen LogP) is 7.71. The van der Waals surface area contributed by atoms with Crippen molar-refractivity contribution in [1.82, 2.24) is 9.97 Å². The molecule has 6 rings (SSSR count). The van der Waals surface area contributed by atoms with Gasteiger partial charge in [-0.1, -0.05) is 54.6 Å². The van der Waals surface area contributed by atoms with Gasteiger partial charge in [-0.05, 0) is 77.9 Å². The summed E-state index contributed by atoms with van der Waals surface area (Å²) in [6, 6.07) is 38.0. The van der Waals surface area contributed by atoms with Crippen LogP contribution in [0.3, 0.4) is 0 Å². The summed E-state index contributed by atoms with van der Waals surface area (Å²) in [4.78, 5) is 12.0. The summed E-state index contributed by atoms with van der Waals surface area (Å²) < 4.78 is 0. The lowest BCUT2D eigenvalue weighted by Gasteiger charge is -2.26. The van der Waals surface area contributed by atoms with Crippen molar-refractivity contribution in [3.05, 3.63) is 115 Å². The van der Waals surface area contributed by atoms with Crippen LogP contribution < -0.4 is 4.90 Å². The van der Waals surface area contributed by atoms with E-state index < -0.39 is 0 Å². The Morgan fingerprint density at radius 2 is 1.09 bits per heavy atom. The molecule has 1 aromatic heterocycles. The summed E-state index contributed by atoms with van der Waals surface area (Å²) in [5.41, 5.74) is 8.12. The lowest BCUT2D eigenvalue weighted by Crippen LogP contribution is -2.10. The van der Waals surface area contributed by atoms with Gasteiger partial charge in [-0.15, -0.1) is 0 Å². The molecule has 0 fully saturated rings. The number of rotatable bonds is 3. The van der Waals surface area contributed by atoms with E-state index in [1.807, 2.05) is 24.3 Å². The van der Waals surface area contributed by atoms with Crippen LogP contribution in [0.4, 0.5) is 17.1 Å². The van der Waals surface area contributed by atoms with E-state index in [1.54, 1.807) is 0 Å². The Bertz CT molecular complexity index is 1600. The molecule has 0 saturated carbocycles. The SMILES string of the molecule is Cc1cccc(N(c2ccc3ccccc3c2)c2ccc3nc4ccccc4nc3c2)c1. The number of anilines is 3. The molecule has 5 aromatic carbocycles. The van der Waals surface area contributed by atoms with Crippen LogP contribution in [0.25, 0.3) is 32.8 Å². The number of nitrogens with zero attached hydrogens (tertiary/aromatic N) is 3. The molecule has 0 N–H and O–H groups in total. The summed E-state index contributed by atoms with van der Waals surface area (Å²) in [6.07, 6.45) is 0. The fourth-order valence-corrected chi connectivity index (χ4v) is 4.28. The molecule has 3 heteroatoms. The monoisotopic (exact) mass is 411 g/mol. The average molecular weight is 412 g/mol. The Labute approximate surface area is 186 Å². The molecule has 0 saturated heterocycles. The fourth-order valence-electron chi connectivity index (χ4n) is 4.28. The number of benzene rings is 5. The second kappa shape index (κ2) is 7.47. The molecule has 0 bridgehead atoms. The molecule has 1 heterocycles. The molecule has 0 amide bonds. The normalized spacial score (nSPS) is 11.3. The van der Waals surface area contributed by atoms with Gasteiger partial charge in [0, 0.05) is 17.1 Å². The van der Waals surface area contributed by atoms with Gasteiger partial charge < -0.3 is 4.90 Å². The molecule has 0 radical (unpaired) electrons. The minimum absolute atomic E-state index is 0.889. The van der Waals surface area contributed by atoms with E-state index in [0.717, 1.165) is 39.1 Å². The Morgan fingerprint density at radius 1 is 0.469 bits per heavy atom. The van der Waals surface area contributed by atoms with Gasteiger partial charge in [0.25, 0.3) is 0 Å². The van der Waals surface area contributed by atoms with Crippen molar-refractivity contribution in [2.45, 2.75) is 6.92 Å². The summed E-state index contributed by atoms with van der Waals surface area (Å²) in [6.45, 7) is 2.13. The van der Waals surface area contributed by atoms with Crippen molar-refractivity contribution >= 4 is 49.9 Å². The molecule has 0 aliphatic carbocycles. The zero-order chi connectivity index (χ0) is 21.5. The predicted molar refractivity (Wildman–Crippen MR) is 134 cm³/mol. The number of para-hydroxylation sites is 2. The van der Waals surface area contributed by atoms with Gasteiger partial charge in [-0.2, -0.15) is 0 Å². The average Bonchev–Trinajstić information content (AvgIpc) is 2.83. The van der Waals surface area contributed by atoms with Gasteiger partial charge in [-0.25, -0.2) is 9.97 Å². The van der Waals surface area contributed by atoms with Gasteiger partial charge in [-0.3, -0.25) is 0 Å². The van der Waals surface area contributed by atoms with Crippen LogP contribution in [-0.2, 0) is 0 Å². The molecule has 152 valence electrons. The maximum atomic E-state index is 4.89. The zero-order valence-electron chi connectivity index (χ0n) is 17.7. The van der Waals surface area contributed by atoms with Gasteiger partial charge >= 0.3 is 0 Å². The number of hydrogen-bond donors (Lipinski definition) is 0. The highest BCUT2D eigenvalue weighted by Crippen LogP contribution is 2.37. The first kappa shape index (κ1) is 18.5. The zero-order valence-corrected chi connectivity index (χ0v) is 17.7. The van der Waals surface area contributed by atoms with Crippen LogP contribution in [0.5, 0.6) is 0 Å². The van der Waals surface area contributed by atoms with Gasteiger partial charge in [0.1, 0.15) is 0 Å². The minimum Gasteiger partial charge on any atom is -0.310 e. The Morgan fingerprint density at radius 3 is 1.91 bits per heavy atom. The standard InChI is InChI=1S/C29H21N3/c1-20-7-6-10-23(17-20)32(24-14-13-21-8-2-3-9-22(21)18-24)25-15-16-28-29(19-25)31-27-12-5-4-11-26(27)30-28/h2-19H,1H3. The van der Waals surface area contributed by atoms with Crippen LogP contribution in [0.15, 0.2) is 109 Å². The molecule has 0 unspecified atom stereocenters. The Hall–Kier alpha value is -4.24. The highest BCUT2D eigenvalue weighted by Gasteiger charge is 2.14. The van der Waals surface area contributed by atoms with Crippen molar-refractivity contribution in [3.8, 4) is 0 Å². The quantitative estimate of drug-likeness (QED) is 0.279. The largest absolute Gasteiger partial charge is 0.310 e.